The number of piperazine rings is 1. The van der Waals surface area contributed by atoms with Crippen LogP contribution in [0.25, 0.3) is 0 Å². The van der Waals surface area contributed by atoms with Crippen LogP contribution in [-0.4, -0.2) is 66.7 Å². The number of carbonyl (C=O) groups is 1. The second kappa shape index (κ2) is 7.67. The number of anilines is 1. The third kappa shape index (κ3) is 3.88. The molecule has 1 unspecified atom stereocenters. The first kappa shape index (κ1) is 18.3. The van der Waals surface area contributed by atoms with E-state index in [1.807, 2.05) is 30.7 Å². The van der Waals surface area contributed by atoms with E-state index in [0.717, 1.165) is 30.2 Å². The smallest absolute Gasteiger partial charge is 0.242 e. The maximum Gasteiger partial charge on any atom is 0.242 e. The summed E-state index contributed by atoms with van der Waals surface area (Å²) in [5.41, 5.74) is 1.67. The lowest BCUT2D eigenvalue weighted by Crippen LogP contribution is -2.54. The maximum atomic E-state index is 12.6. The van der Waals surface area contributed by atoms with Crippen LogP contribution in [0.3, 0.4) is 0 Å². The number of likely N-dealkylation sites (N-methyl/N-ethyl adjacent to an activating group) is 1. The molecule has 2 heterocycles. The van der Waals surface area contributed by atoms with Crippen LogP contribution >= 0.6 is 0 Å². The molecule has 0 bridgehead atoms. The first-order chi connectivity index (χ1) is 11.3. The number of nitrogens with zero attached hydrogens (tertiary/aromatic N) is 5. The molecule has 7 nitrogen and oxygen atoms in total. The standard InChI is InChI=1S/C17H27N5O2/c1-12(2)15(10-18)21-6-8-22(9-7-21)16(23)11-20(5)17-13(3)19-24-14(17)4/h12,15H,6-9,11H2,1-5H3. The van der Waals surface area contributed by atoms with Crippen molar-refractivity contribution in [2.45, 2.75) is 33.7 Å². The first-order valence-corrected chi connectivity index (χ1v) is 8.40. The molecule has 7 heteroatoms. The summed E-state index contributed by atoms with van der Waals surface area (Å²) < 4.78 is 5.16. The molecular weight excluding hydrogens is 306 g/mol. The lowest BCUT2D eigenvalue weighted by Gasteiger charge is -2.38. The summed E-state index contributed by atoms with van der Waals surface area (Å²) in [4.78, 5) is 18.5. The highest BCUT2D eigenvalue weighted by molar-refractivity contribution is 5.81. The first-order valence-electron chi connectivity index (χ1n) is 8.40. The quantitative estimate of drug-likeness (QED) is 0.811. The van der Waals surface area contributed by atoms with Gasteiger partial charge in [-0.2, -0.15) is 5.26 Å². The van der Waals surface area contributed by atoms with Gasteiger partial charge in [0.1, 0.15) is 17.4 Å². The summed E-state index contributed by atoms with van der Waals surface area (Å²) in [5.74, 6) is 1.11. The fourth-order valence-corrected chi connectivity index (χ4v) is 3.31. The van der Waals surface area contributed by atoms with Crippen molar-refractivity contribution in [2.75, 3.05) is 44.7 Å². The minimum atomic E-state index is -0.0766. The zero-order chi connectivity index (χ0) is 17.9. The molecule has 1 aromatic rings. The monoisotopic (exact) mass is 333 g/mol. The van der Waals surface area contributed by atoms with Gasteiger partial charge in [-0.1, -0.05) is 19.0 Å². The zero-order valence-electron chi connectivity index (χ0n) is 15.2. The van der Waals surface area contributed by atoms with E-state index in [0.29, 0.717) is 25.6 Å². The van der Waals surface area contributed by atoms with Crippen LogP contribution in [0.5, 0.6) is 0 Å². The SMILES string of the molecule is Cc1noc(C)c1N(C)CC(=O)N1CCN(C(C#N)C(C)C)CC1. The molecule has 0 radical (unpaired) electrons. The van der Waals surface area contributed by atoms with Crippen LogP contribution in [0.15, 0.2) is 4.52 Å². The predicted octanol–water partition coefficient (Wildman–Crippen LogP) is 1.42. The number of hydrogen-bond donors (Lipinski definition) is 0. The second-order valence-corrected chi connectivity index (χ2v) is 6.76. The molecule has 1 fully saturated rings. The number of aryl methyl sites for hydroxylation is 2. The average molecular weight is 333 g/mol. The van der Waals surface area contributed by atoms with E-state index in [2.05, 4.69) is 30.0 Å². The summed E-state index contributed by atoms with van der Waals surface area (Å²) >= 11 is 0. The summed E-state index contributed by atoms with van der Waals surface area (Å²) in [5, 5.41) is 13.2. The predicted molar refractivity (Wildman–Crippen MR) is 91.6 cm³/mol. The Hall–Kier alpha value is -2.07. The van der Waals surface area contributed by atoms with Gasteiger partial charge >= 0.3 is 0 Å². The molecule has 1 aliphatic heterocycles. The van der Waals surface area contributed by atoms with Gasteiger partial charge in [-0.3, -0.25) is 9.69 Å². The normalized spacial score (nSPS) is 17.0. The lowest BCUT2D eigenvalue weighted by atomic mass is 10.0. The number of amides is 1. The average Bonchev–Trinajstić information content (AvgIpc) is 2.87. The van der Waals surface area contributed by atoms with Gasteiger partial charge in [0.15, 0.2) is 5.76 Å². The minimum absolute atomic E-state index is 0.0766. The van der Waals surface area contributed by atoms with Crippen LogP contribution in [-0.2, 0) is 4.79 Å². The van der Waals surface area contributed by atoms with E-state index in [1.54, 1.807) is 0 Å². The van der Waals surface area contributed by atoms with Crippen molar-refractivity contribution in [1.82, 2.24) is 15.0 Å². The number of hydrogen-bond acceptors (Lipinski definition) is 6. The molecule has 0 aromatic carbocycles. The molecule has 132 valence electrons. The Kier molecular flexibility index (Phi) is 5.84. The van der Waals surface area contributed by atoms with Gasteiger partial charge in [-0.15, -0.1) is 0 Å². The lowest BCUT2D eigenvalue weighted by molar-refractivity contribution is -0.131. The molecule has 1 atom stereocenters. The fourth-order valence-electron chi connectivity index (χ4n) is 3.31. The maximum absolute atomic E-state index is 12.6. The Morgan fingerprint density at radius 2 is 1.96 bits per heavy atom. The molecule has 0 aliphatic carbocycles. The second-order valence-electron chi connectivity index (χ2n) is 6.76. The Bertz CT molecular complexity index is 591. The fraction of sp³-hybridized carbons (Fsp3) is 0.706. The highest BCUT2D eigenvalue weighted by atomic mass is 16.5. The van der Waals surface area contributed by atoms with E-state index in [1.165, 1.54) is 0 Å². The van der Waals surface area contributed by atoms with E-state index >= 15 is 0 Å². The summed E-state index contributed by atoms with van der Waals surface area (Å²) in [6, 6.07) is 2.30. The highest BCUT2D eigenvalue weighted by Gasteiger charge is 2.28. The Labute approximate surface area is 143 Å². The van der Waals surface area contributed by atoms with Crippen LogP contribution in [0, 0.1) is 31.1 Å². The van der Waals surface area contributed by atoms with Gasteiger partial charge in [-0.25, -0.2) is 0 Å². The number of rotatable bonds is 5. The zero-order valence-corrected chi connectivity index (χ0v) is 15.2. The van der Waals surface area contributed by atoms with Gasteiger partial charge in [0.05, 0.1) is 12.6 Å². The van der Waals surface area contributed by atoms with Crippen molar-refractivity contribution < 1.29 is 9.32 Å². The van der Waals surface area contributed by atoms with Crippen molar-refractivity contribution >= 4 is 11.6 Å². The minimum Gasteiger partial charge on any atom is -0.361 e. The highest BCUT2D eigenvalue weighted by Crippen LogP contribution is 2.22. The molecule has 0 N–H and O–H groups in total. The summed E-state index contributed by atoms with van der Waals surface area (Å²) in [6.07, 6.45) is 0. The van der Waals surface area contributed by atoms with Crippen molar-refractivity contribution in [2.24, 2.45) is 5.92 Å². The molecule has 1 saturated heterocycles. The molecule has 24 heavy (non-hydrogen) atoms. The van der Waals surface area contributed by atoms with Gasteiger partial charge in [0.2, 0.25) is 5.91 Å². The van der Waals surface area contributed by atoms with Crippen molar-refractivity contribution in [3.8, 4) is 6.07 Å². The third-order valence-electron chi connectivity index (χ3n) is 4.57. The van der Waals surface area contributed by atoms with E-state index in [4.69, 9.17) is 4.52 Å². The van der Waals surface area contributed by atoms with E-state index in [-0.39, 0.29) is 11.9 Å². The molecular formula is C17H27N5O2. The van der Waals surface area contributed by atoms with Gasteiger partial charge in [0, 0.05) is 33.2 Å². The number of carbonyl (C=O) groups excluding carboxylic acids is 1. The van der Waals surface area contributed by atoms with Crippen LogP contribution in [0.1, 0.15) is 25.3 Å². The van der Waals surface area contributed by atoms with Crippen LogP contribution < -0.4 is 4.90 Å². The largest absolute Gasteiger partial charge is 0.361 e. The number of aromatic nitrogens is 1. The van der Waals surface area contributed by atoms with Gasteiger partial charge in [-0.05, 0) is 19.8 Å². The third-order valence-corrected chi connectivity index (χ3v) is 4.57. The molecule has 0 spiro atoms. The van der Waals surface area contributed by atoms with Gasteiger partial charge in [0.25, 0.3) is 0 Å². The van der Waals surface area contributed by atoms with Crippen molar-refractivity contribution in [3.63, 3.8) is 0 Å². The van der Waals surface area contributed by atoms with Gasteiger partial charge < -0.3 is 14.3 Å². The van der Waals surface area contributed by atoms with Crippen LogP contribution in [0.2, 0.25) is 0 Å². The molecule has 1 aromatic heterocycles. The van der Waals surface area contributed by atoms with Crippen molar-refractivity contribution in [3.05, 3.63) is 11.5 Å². The Morgan fingerprint density at radius 1 is 1.33 bits per heavy atom. The Morgan fingerprint density at radius 3 is 2.42 bits per heavy atom. The molecule has 0 saturated carbocycles. The van der Waals surface area contributed by atoms with Crippen molar-refractivity contribution in [1.29, 1.82) is 5.26 Å². The molecule has 1 amide bonds. The molecule has 2 rings (SSSR count). The van der Waals surface area contributed by atoms with Crippen LogP contribution in [0.4, 0.5) is 5.69 Å². The molecule has 1 aliphatic rings. The van der Waals surface area contributed by atoms with E-state index < -0.39 is 0 Å². The summed E-state index contributed by atoms with van der Waals surface area (Å²) in [6.45, 7) is 11.0. The summed E-state index contributed by atoms with van der Waals surface area (Å²) in [7, 11) is 1.88. The van der Waals surface area contributed by atoms with E-state index in [9.17, 15) is 10.1 Å². The number of nitriles is 1. The topological polar surface area (TPSA) is 76.6 Å². The Balaban J connectivity index is 1.90.